The van der Waals surface area contributed by atoms with Gasteiger partial charge in [0, 0.05) is 6.20 Å². The topological polar surface area (TPSA) is 112 Å². The van der Waals surface area contributed by atoms with Crippen LogP contribution in [-0.4, -0.2) is 32.1 Å². The smallest absolute Gasteiger partial charge is 0.354 e. The molecular weight excluding hydrogens is 216 g/mol. The van der Waals surface area contributed by atoms with Crippen molar-refractivity contribution in [2.24, 2.45) is 4.99 Å². The zero-order chi connectivity index (χ0) is 12.1. The number of nitrogens with zero attached hydrogens (tertiary/aromatic N) is 2. The van der Waals surface area contributed by atoms with Crippen LogP contribution >= 0.6 is 0 Å². The SMILES string of the molecule is O=C(O)C=C(N=c1ccccn1O)C(=O)O. The van der Waals surface area contributed by atoms with Crippen LogP contribution in [0.2, 0.25) is 0 Å². The maximum Gasteiger partial charge on any atom is 0.354 e. The largest absolute Gasteiger partial charge is 0.478 e. The van der Waals surface area contributed by atoms with Crippen molar-refractivity contribution in [3.8, 4) is 0 Å². The molecule has 0 radical (unpaired) electrons. The van der Waals surface area contributed by atoms with Crippen molar-refractivity contribution in [1.82, 2.24) is 4.73 Å². The number of carbonyl (C=O) groups is 2. The standard InChI is InChI=1S/C9H8N2O5/c12-8(13)5-6(9(14)15)10-7-3-1-2-4-11(7)16/h1-5,16H,(H,12,13)(H,14,15). The normalized spacial score (nSPS) is 12.5. The molecule has 0 amide bonds. The molecule has 0 bridgehead atoms. The fourth-order valence-corrected chi connectivity index (χ4v) is 0.896. The summed E-state index contributed by atoms with van der Waals surface area (Å²) in [6.07, 6.45) is 1.68. The first-order valence-electron chi connectivity index (χ1n) is 4.10. The summed E-state index contributed by atoms with van der Waals surface area (Å²) in [6, 6.07) is 4.35. The molecule has 0 aliphatic carbocycles. The van der Waals surface area contributed by atoms with Crippen LogP contribution in [0.4, 0.5) is 0 Å². The molecule has 7 nitrogen and oxygen atoms in total. The van der Waals surface area contributed by atoms with Crippen molar-refractivity contribution in [3.05, 3.63) is 41.7 Å². The summed E-state index contributed by atoms with van der Waals surface area (Å²) in [6.45, 7) is 0. The summed E-state index contributed by atoms with van der Waals surface area (Å²) in [5, 5.41) is 26.3. The molecule has 0 aliphatic heterocycles. The molecule has 0 spiro atoms. The number of rotatable bonds is 3. The van der Waals surface area contributed by atoms with Gasteiger partial charge >= 0.3 is 11.9 Å². The van der Waals surface area contributed by atoms with Crippen molar-refractivity contribution in [2.45, 2.75) is 0 Å². The minimum atomic E-state index is -1.49. The molecule has 1 aromatic heterocycles. The van der Waals surface area contributed by atoms with E-state index in [4.69, 9.17) is 10.2 Å². The average Bonchev–Trinajstić information content (AvgIpc) is 2.19. The second kappa shape index (κ2) is 4.78. The van der Waals surface area contributed by atoms with E-state index < -0.39 is 17.6 Å². The number of pyridine rings is 1. The first kappa shape index (κ1) is 11.5. The van der Waals surface area contributed by atoms with E-state index in [9.17, 15) is 14.8 Å². The second-order valence-electron chi connectivity index (χ2n) is 2.69. The van der Waals surface area contributed by atoms with E-state index in [1.807, 2.05) is 0 Å². The summed E-state index contributed by atoms with van der Waals surface area (Å²) in [4.78, 5) is 24.4. The van der Waals surface area contributed by atoms with Gasteiger partial charge in [-0.1, -0.05) is 6.07 Å². The quantitative estimate of drug-likeness (QED) is 0.481. The van der Waals surface area contributed by atoms with Crippen molar-refractivity contribution >= 4 is 11.9 Å². The Bertz CT molecular complexity index is 515. The minimum absolute atomic E-state index is 0.0857. The van der Waals surface area contributed by atoms with Crippen LogP contribution in [0, 0.1) is 0 Å². The van der Waals surface area contributed by atoms with Gasteiger partial charge < -0.3 is 15.4 Å². The van der Waals surface area contributed by atoms with Crippen molar-refractivity contribution in [3.63, 3.8) is 0 Å². The summed E-state index contributed by atoms with van der Waals surface area (Å²) < 4.78 is 0.582. The summed E-state index contributed by atoms with van der Waals surface area (Å²) >= 11 is 0. The highest BCUT2D eigenvalue weighted by molar-refractivity contribution is 5.94. The molecule has 16 heavy (non-hydrogen) atoms. The maximum absolute atomic E-state index is 10.6. The lowest BCUT2D eigenvalue weighted by molar-refractivity contribution is -0.135. The Morgan fingerprint density at radius 2 is 2.00 bits per heavy atom. The lowest BCUT2D eigenvalue weighted by Crippen LogP contribution is -2.18. The van der Waals surface area contributed by atoms with Gasteiger partial charge in [-0.25, -0.2) is 14.6 Å². The molecule has 0 saturated carbocycles. The molecule has 1 heterocycles. The van der Waals surface area contributed by atoms with Gasteiger partial charge in [0.05, 0.1) is 6.08 Å². The fraction of sp³-hybridized carbons (Fsp3) is 0. The highest BCUT2D eigenvalue weighted by Gasteiger charge is 2.07. The van der Waals surface area contributed by atoms with Crippen LogP contribution in [0.1, 0.15) is 0 Å². The Kier molecular flexibility index (Phi) is 3.44. The van der Waals surface area contributed by atoms with Crippen LogP contribution in [0.15, 0.2) is 41.2 Å². The summed E-state index contributed by atoms with van der Waals surface area (Å²) in [5.41, 5.74) is -0.765. The van der Waals surface area contributed by atoms with Crippen LogP contribution in [0.5, 0.6) is 0 Å². The molecule has 1 aromatic rings. The lowest BCUT2D eigenvalue weighted by atomic mass is 10.4. The third-order valence-electron chi connectivity index (χ3n) is 1.53. The van der Waals surface area contributed by atoms with E-state index in [2.05, 4.69) is 4.99 Å². The molecule has 0 aromatic carbocycles. The fourth-order valence-electron chi connectivity index (χ4n) is 0.896. The first-order valence-corrected chi connectivity index (χ1v) is 4.10. The van der Waals surface area contributed by atoms with Gasteiger partial charge in [-0.05, 0) is 12.1 Å². The number of aromatic nitrogens is 1. The van der Waals surface area contributed by atoms with Gasteiger partial charge in [0.2, 0.25) is 0 Å². The maximum atomic E-state index is 10.6. The van der Waals surface area contributed by atoms with Crippen LogP contribution in [-0.2, 0) is 9.59 Å². The Balaban J connectivity index is 3.29. The summed E-state index contributed by atoms with van der Waals surface area (Å²) in [5.74, 6) is -2.92. The van der Waals surface area contributed by atoms with Crippen molar-refractivity contribution in [1.29, 1.82) is 0 Å². The number of hydrogen-bond acceptors (Lipinski definition) is 4. The van der Waals surface area contributed by atoms with E-state index in [1.54, 1.807) is 0 Å². The van der Waals surface area contributed by atoms with Gasteiger partial charge in [-0.2, -0.15) is 4.73 Å². The monoisotopic (exact) mass is 224 g/mol. The van der Waals surface area contributed by atoms with E-state index in [0.717, 1.165) is 0 Å². The number of hydrogen-bond donors (Lipinski definition) is 3. The van der Waals surface area contributed by atoms with Gasteiger partial charge in [0.1, 0.15) is 0 Å². The predicted molar refractivity (Wildman–Crippen MR) is 50.5 cm³/mol. The van der Waals surface area contributed by atoms with Crippen LogP contribution < -0.4 is 5.49 Å². The third kappa shape index (κ3) is 2.98. The van der Waals surface area contributed by atoms with E-state index in [0.29, 0.717) is 10.8 Å². The van der Waals surface area contributed by atoms with Gasteiger partial charge in [-0.15, -0.1) is 0 Å². The Morgan fingerprint density at radius 3 is 2.50 bits per heavy atom. The molecule has 7 heteroatoms. The number of carboxylic acids is 2. The lowest BCUT2D eigenvalue weighted by Gasteiger charge is -1.97. The molecule has 0 fully saturated rings. The zero-order valence-corrected chi connectivity index (χ0v) is 7.94. The molecule has 0 aliphatic rings. The molecule has 84 valence electrons. The zero-order valence-electron chi connectivity index (χ0n) is 7.94. The minimum Gasteiger partial charge on any atom is -0.478 e. The van der Waals surface area contributed by atoms with Crippen molar-refractivity contribution < 1.29 is 25.0 Å². The summed E-state index contributed by atoms with van der Waals surface area (Å²) in [7, 11) is 0. The highest BCUT2D eigenvalue weighted by Crippen LogP contribution is 1.95. The molecular formula is C9H8N2O5. The number of aliphatic carboxylic acids is 2. The van der Waals surface area contributed by atoms with Crippen LogP contribution in [0.3, 0.4) is 0 Å². The molecule has 0 unspecified atom stereocenters. The second-order valence-corrected chi connectivity index (χ2v) is 2.69. The average molecular weight is 224 g/mol. The highest BCUT2D eigenvalue weighted by atomic mass is 16.5. The number of carboxylic acid groups (broad SMARTS) is 2. The first-order chi connectivity index (χ1) is 7.50. The van der Waals surface area contributed by atoms with E-state index >= 15 is 0 Å². The Hall–Kier alpha value is -2.57. The Labute approximate surface area is 89.2 Å². The van der Waals surface area contributed by atoms with Gasteiger partial charge in [0.25, 0.3) is 0 Å². The Morgan fingerprint density at radius 1 is 1.31 bits per heavy atom. The van der Waals surface area contributed by atoms with Gasteiger partial charge in [-0.3, -0.25) is 0 Å². The third-order valence-corrected chi connectivity index (χ3v) is 1.53. The molecule has 0 atom stereocenters. The molecule has 0 saturated heterocycles. The molecule has 1 rings (SSSR count). The molecule has 3 N–H and O–H groups in total. The van der Waals surface area contributed by atoms with Crippen LogP contribution in [0.25, 0.3) is 0 Å². The van der Waals surface area contributed by atoms with Gasteiger partial charge in [0.15, 0.2) is 11.2 Å². The van der Waals surface area contributed by atoms with E-state index in [-0.39, 0.29) is 5.49 Å². The predicted octanol–water partition coefficient (Wildman–Crippen LogP) is -0.321. The van der Waals surface area contributed by atoms with Crippen molar-refractivity contribution in [2.75, 3.05) is 0 Å². The van der Waals surface area contributed by atoms with E-state index in [1.165, 1.54) is 24.4 Å².